The van der Waals surface area contributed by atoms with Crippen LogP contribution >= 0.6 is 0 Å². The number of rotatable bonds is 2. The van der Waals surface area contributed by atoms with E-state index in [1.54, 1.807) is 0 Å². The molecule has 0 aliphatic carbocycles. The van der Waals surface area contributed by atoms with E-state index in [2.05, 4.69) is 0 Å². The molecule has 0 aromatic heterocycles. The predicted molar refractivity (Wildman–Crippen MR) is 46.5 cm³/mol. The second kappa shape index (κ2) is 4.00. The molecule has 1 aliphatic rings. The lowest BCUT2D eigenvalue weighted by atomic mass is 10.4. The van der Waals surface area contributed by atoms with E-state index in [1.807, 2.05) is 11.8 Å². The van der Waals surface area contributed by atoms with E-state index in [0.717, 1.165) is 0 Å². The van der Waals surface area contributed by atoms with Gasteiger partial charge < -0.3 is 5.11 Å². The van der Waals surface area contributed by atoms with Crippen LogP contribution in [0.15, 0.2) is 0 Å². The Labute approximate surface area is 74.0 Å². The highest BCUT2D eigenvalue weighted by Crippen LogP contribution is 2.07. The van der Waals surface area contributed by atoms with Crippen LogP contribution in [0.2, 0.25) is 0 Å². The van der Waals surface area contributed by atoms with Crippen molar-refractivity contribution in [1.82, 2.24) is 4.90 Å². The number of aliphatic carboxylic acids is 1. The largest absolute Gasteiger partial charge is 0.480 e. The van der Waals surface area contributed by atoms with E-state index in [0.29, 0.717) is 18.8 Å². The quantitative estimate of drug-likeness (QED) is 0.640. The Balaban J connectivity index is 2.40. The maximum Gasteiger partial charge on any atom is 0.317 e. The van der Waals surface area contributed by atoms with Gasteiger partial charge in [-0.05, 0) is 6.92 Å². The van der Waals surface area contributed by atoms with Gasteiger partial charge in [-0.25, -0.2) is 0 Å². The molecule has 0 aromatic rings. The summed E-state index contributed by atoms with van der Waals surface area (Å²) in [5.41, 5.74) is 0. The zero-order valence-electron chi connectivity index (χ0n) is 7.02. The molecule has 0 bridgehead atoms. The van der Waals surface area contributed by atoms with Gasteiger partial charge in [-0.3, -0.25) is 13.9 Å². The average molecular weight is 191 g/mol. The molecule has 70 valence electrons. The van der Waals surface area contributed by atoms with Gasteiger partial charge in [0, 0.05) is 34.9 Å². The minimum atomic E-state index is -0.810. The first-order valence-corrected chi connectivity index (χ1v) is 5.29. The van der Waals surface area contributed by atoms with Crippen molar-refractivity contribution in [3.05, 3.63) is 0 Å². The van der Waals surface area contributed by atoms with Gasteiger partial charge in [-0.1, -0.05) is 0 Å². The number of carbonyl (C=O) groups is 1. The highest BCUT2D eigenvalue weighted by Gasteiger charge is 2.23. The number of hydrogen-bond donors (Lipinski definition) is 1. The summed E-state index contributed by atoms with van der Waals surface area (Å²) in [6, 6.07) is 0. The van der Waals surface area contributed by atoms with E-state index < -0.39 is 16.8 Å². The third kappa shape index (κ3) is 2.57. The van der Waals surface area contributed by atoms with Crippen molar-refractivity contribution in [3.63, 3.8) is 0 Å². The molecule has 5 heteroatoms. The van der Waals surface area contributed by atoms with E-state index in [1.165, 1.54) is 0 Å². The van der Waals surface area contributed by atoms with Crippen molar-refractivity contribution in [1.29, 1.82) is 0 Å². The van der Waals surface area contributed by atoms with Gasteiger partial charge in [0.25, 0.3) is 0 Å². The Morgan fingerprint density at radius 1 is 1.75 bits per heavy atom. The van der Waals surface area contributed by atoms with Crippen LogP contribution in [0.5, 0.6) is 0 Å². The van der Waals surface area contributed by atoms with Gasteiger partial charge in [0.05, 0.1) is 6.54 Å². The van der Waals surface area contributed by atoms with Gasteiger partial charge >= 0.3 is 5.97 Å². The lowest BCUT2D eigenvalue weighted by Crippen LogP contribution is -2.44. The Kier molecular flexibility index (Phi) is 3.22. The number of carboxylic acids is 1. The standard InChI is InChI=1S/C7H13NO3S/c1-6-4-8(5-7(9)10)2-3-12(6)11/h6H,2-5H2,1H3,(H,9,10). The Morgan fingerprint density at radius 3 is 2.92 bits per heavy atom. The molecule has 0 spiro atoms. The second-order valence-electron chi connectivity index (χ2n) is 3.02. The molecule has 2 atom stereocenters. The monoisotopic (exact) mass is 191 g/mol. The maximum absolute atomic E-state index is 11.2. The van der Waals surface area contributed by atoms with Crippen LogP contribution in [0.4, 0.5) is 0 Å². The number of carboxylic acid groups (broad SMARTS) is 1. The van der Waals surface area contributed by atoms with Crippen LogP contribution in [0, 0.1) is 0 Å². The molecular formula is C7H13NO3S. The summed E-state index contributed by atoms with van der Waals surface area (Å²) in [7, 11) is -0.755. The van der Waals surface area contributed by atoms with Crippen LogP contribution in [0.1, 0.15) is 6.92 Å². The van der Waals surface area contributed by atoms with Crippen LogP contribution < -0.4 is 0 Å². The van der Waals surface area contributed by atoms with Gasteiger partial charge in [0.2, 0.25) is 0 Å². The molecule has 12 heavy (non-hydrogen) atoms. The minimum absolute atomic E-state index is 0.0710. The predicted octanol–water partition coefficient (Wildman–Crippen LogP) is -0.476. The molecule has 1 heterocycles. The van der Waals surface area contributed by atoms with Gasteiger partial charge in [-0.15, -0.1) is 0 Å². The normalized spacial score (nSPS) is 31.8. The third-order valence-electron chi connectivity index (χ3n) is 1.93. The van der Waals surface area contributed by atoms with Crippen molar-refractivity contribution < 1.29 is 14.1 Å². The maximum atomic E-state index is 11.2. The molecule has 1 fully saturated rings. The number of hydrogen-bond acceptors (Lipinski definition) is 3. The fourth-order valence-corrected chi connectivity index (χ4v) is 2.51. The van der Waals surface area contributed by atoms with E-state index >= 15 is 0 Å². The molecule has 4 nitrogen and oxygen atoms in total. The summed E-state index contributed by atoms with van der Waals surface area (Å²) in [5.74, 6) is -0.205. The lowest BCUT2D eigenvalue weighted by Gasteiger charge is -2.28. The fourth-order valence-electron chi connectivity index (χ4n) is 1.29. The average Bonchev–Trinajstić information content (AvgIpc) is 1.96. The first kappa shape index (κ1) is 9.67. The number of nitrogens with zero attached hydrogens (tertiary/aromatic N) is 1. The molecule has 0 aromatic carbocycles. The van der Waals surface area contributed by atoms with Crippen LogP contribution in [-0.4, -0.2) is 50.8 Å². The topological polar surface area (TPSA) is 57.6 Å². The molecule has 1 rings (SSSR count). The molecule has 1 aliphatic heterocycles. The van der Waals surface area contributed by atoms with Crippen molar-refractivity contribution in [2.24, 2.45) is 0 Å². The van der Waals surface area contributed by atoms with E-state index in [9.17, 15) is 9.00 Å². The van der Waals surface area contributed by atoms with Crippen molar-refractivity contribution in [2.75, 3.05) is 25.4 Å². The first-order valence-electron chi connectivity index (χ1n) is 3.91. The smallest absolute Gasteiger partial charge is 0.317 e. The lowest BCUT2D eigenvalue weighted by molar-refractivity contribution is -0.138. The van der Waals surface area contributed by atoms with Crippen molar-refractivity contribution in [3.8, 4) is 0 Å². The fraction of sp³-hybridized carbons (Fsp3) is 0.857. The second-order valence-corrected chi connectivity index (χ2v) is 5.00. The van der Waals surface area contributed by atoms with Crippen molar-refractivity contribution >= 4 is 16.8 Å². The summed E-state index contributed by atoms with van der Waals surface area (Å²) >= 11 is 0. The van der Waals surface area contributed by atoms with E-state index in [4.69, 9.17) is 5.11 Å². The summed E-state index contributed by atoms with van der Waals surface area (Å²) in [4.78, 5) is 12.2. The van der Waals surface area contributed by atoms with Crippen LogP contribution in [0.25, 0.3) is 0 Å². The Hall–Kier alpha value is -0.420. The molecule has 0 radical (unpaired) electrons. The van der Waals surface area contributed by atoms with E-state index in [-0.39, 0.29) is 11.8 Å². The molecule has 1 saturated heterocycles. The molecular weight excluding hydrogens is 178 g/mol. The van der Waals surface area contributed by atoms with Gasteiger partial charge in [0.1, 0.15) is 0 Å². The molecule has 2 unspecified atom stereocenters. The molecule has 0 saturated carbocycles. The summed E-state index contributed by atoms with van der Waals surface area (Å²) < 4.78 is 11.2. The van der Waals surface area contributed by atoms with Gasteiger partial charge in [-0.2, -0.15) is 0 Å². The zero-order valence-corrected chi connectivity index (χ0v) is 7.84. The third-order valence-corrected chi connectivity index (χ3v) is 3.56. The summed E-state index contributed by atoms with van der Waals surface area (Å²) in [5, 5.41) is 8.61. The summed E-state index contributed by atoms with van der Waals surface area (Å²) in [6.45, 7) is 3.24. The van der Waals surface area contributed by atoms with Crippen molar-refractivity contribution in [2.45, 2.75) is 12.2 Å². The minimum Gasteiger partial charge on any atom is -0.480 e. The first-order chi connectivity index (χ1) is 5.59. The Morgan fingerprint density at radius 2 is 2.42 bits per heavy atom. The van der Waals surface area contributed by atoms with Crippen LogP contribution in [-0.2, 0) is 15.6 Å². The van der Waals surface area contributed by atoms with Gasteiger partial charge in [0.15, 0.2) is 0 Å². The Bertz CT molecular complexity index is 207. The summed E-state index contributed by atoms with van der Waals surface area (Å²) in [6.07, 6.45) is 0. The highest BCUT2D eigenvalue weighted by atomic mass is 32.2. The van der Waals surface area contributed by atoms with Crippen LogP contribution in [0.3, 0.4) is 0 Å². The molecule has 1 N–H and O–H groups in total. The zero-order chi connectivity index (χ0) is 9.14. The highest BCUT2D eigenvalue weighted by molar-refractivity contribution is 7.85. The molecule has 0 amide bonds. The SMILES string of the molecule is CC1CN(CC(=O)O)CCS1=O.